The normalized spacial score (nSPS) is 18.7. The van der Waals surface area contributed by atoms with Crippen molar-refractivity contribution in [3.8, 4) is 0 Å². The van der Waals surface area contributed by atoms with Gasteiger partial charge in [-0.1, -0.05) is 118 Å². The van der Waals surface area contributed by atoms with E-state index >= 15 is 0 Å². The summed E-state index contributed by atoms with van der Waals surface area (Å²) >= 11 is 0. The van der Waals surface area contributed by atoms with Crippen molar-refractivity contribution in [2.45, 2.75) is 168 Å². The van der Waals surface area contributed by atoms with Gasteiger partial charge in [0.25, 0.3) is 0 Å². The van der Waals surface area contributed by atoms with Gasteiger partial charge >= 0.3 is 11.9 Å². The van der Waals surface area contributed by atoms with Crippen LogP contribution in [0.5, 0.6) is 0 Å². The first-order valence-electron chi connectivity index (χ1n) is 15.5. The van der Waals surface area contributed by atoms with E-state index in [1.165, 1.54) is 70.6 Å². The molecule has 0 saturated carbocycles. The third-order valence-electron chi connectivity index (χ3n) is 7.56. The molecule has 0 aliphatic carbocycles. The van der Waals surface area contributed by atoms with Crippen LogP contribution in [0.15, 0.2) is 0 Å². The Morgan fingerprint density at radius 3 is 1.95 bits per heavy atom. The summed E-state index contributed by atoms with van der Waals surface area (Å²) in [5.41, 5.74) is 0. The van der Waals surface area contributed by atoms with E-state index in [1.807, 2.05) is 13.8 Å². The van der Waals surface area contributed by atoms with Gasteiger partial charge in [-0.25, -0.2) is 4.79 Å². The average Bonchev–Trinajstić information content (AvgIpc) is 2.86. The molecule has 1 saturated heterocycles. The zero-order valence-corrected chi connectivity index (χ0v) is 24.4. The number of unbranched alkanes of at least 4 members (excludes halogenated alkanes) is 13. The van der Waals surface area contributed by atoms with Crippen molar-refractivity contribution in [3.05, 3.63) is 0 Å². The minimum atomic E-state index is -0.633. The van der Waals surface area contributed by atoms with Crippen molar-refractivity contribution in [3.63, 3.8) is 0 Å². The molecule has 1 fully saturated rings. The Kier molecular flexibility index (Phi) is 19.3. The van der Waals surface area contributed by atoms with Crippen LogP contribution in [0.25, 0.3) is 0 Å². The second kappa shape index (κ2) is 21.4. The number of cyclic esters (lactones) is 1. The molecule has 0 aromatic rings. The highest BCUT2D eigenvalue weighted by Gasteiger charge is 2.43. The van der Waals surface area contributed by atoms with Crippen LogP contribution in [0, 0.1) is 11.8 Å². The Bertz CT molecular complexity index is 608. The lowest BCUT2D eigenvalue weighted by molar-refractivity contribution is -0.190. The molecule has 6 nitrogen and oxygen atoms in total. The molecule has 1 aliphatic heterocycles. The number of ether oxygens (including phenoxy) is 2. The van der Waals surface area contributed by atoms with Crippen molar-refractivity contribution in [1.82, 2.24) is 5.32 Å². The fourth-order valence-corrected chi connectivity index (χ4v) is 5.26. The number of esters is 2. The van der Waals surface area contributed by atoms with Gasteiger partial charge < -0.3 is 14.8 Å². The van der Waals surface area contributed by atoms with E-state index in [0.29, 0.717) is 19.3 Å². The van der Waals surface area contributed by atoms with Crippen molar-refractivity contribution in [2.24, 2.45) is 11.8 Å². The fourth-order valence-electron chi connectivity index (χ4n) is 5.26. The van der Waals surface area contributed by atoms with Crippen molar-refractivity contribution < 1.29 is 23.9 Å². The highest BCUT2D eigenvalue weighted by Crippen LogP contribution is 2.32. The average molecular weight is 524 g/mol. The third-order valence-corrected chi connectivity index (χ3v) is 7.56. The molecule has 0 bridgehead atoms. The van der Waals surface area contributed by atoms with Crippen LogP contribution in [0.1, 0.15) is 150 Å². The number of nitrogens with one attached hydrogen (secondary N) is 1. The second-order valence-corrected chi connectivity index (χ2v) is 11.5. The molecule has 1 aliphatic rings. The molecule has 1 rings (SSSR count). The maximum absolute atomic E-state index is 12.9. The van der Waals surface area contributed by atoms with Gasteiger partial charge in [-0.05, 0) is 31.6 Å². The summed E-state index contributed by atoms with van der Waals surface area (Å²) in [6, 6.07) is -0.633. The molecule has 1 amide bonds. The first-order valence-corrected chi connectivity index (χ1v) is 15.5. The minimum Gasteiger partial charge on any atom is -0.461 e. The summed E-state index contributed by atoms with van der Waals surface area (Å²) in [4.78, 5) is 36.1. The monoisotopic (exact) mass is 523 g/mol. The van der Waals surface area contributed by atoms with E-state index in [1.54, 1.807) is 0 Å². The summed E-state index contributed by atoms with van der Waals surface area (Å²) in [5.74, 6) is -0.300. The smallest absolute Gasteiger partial charge is 0.328 e. The van der Waals surface area contributed by atoms with Gasteiger partial charge in [0, 0.05) is 6.42 Å². The Balaban J connectivity index is 2.52. The predicted octanol–water partition coefficient (Wildman–Crippen LogP) is 7.66. The summed E-state index contributed by atoms with van der Waals surface area (Å²) < 4.78 is 11.4. The first kappa shape index (κ1) is 33.4. The third kappa shape index (κ3) is 15.4. The van der Waals surface area contributed by atoms with E-state index in [2.05, 4.69) is 19.2 Å². The predicted molar refractivity (Wildman–Crippen MR) is 150 cm³/mol. The SMILES string of the molecule is CCCCCCCCCCCCCC(CC1OC(=O)[C@H]1CCCCCC)OC(=O)[C@H](CC(C)C)NC=O. The topological polar surface area (TPSA) is 81.7 Å². The molecule has 0 aromatic heterocycles. The van der Waals surface area contributed by atoms with E-state index in [4.69, 9.17) is 9.47 Å². The van der Waals surface area contributed by atoms with Crippen molar-refractivity contribution >= 4 is 18.3 Å². The molecule has 216 valence electrons. The highest BCUT2D eigenvalue weighted by molar-refractivity contribution is 5.79. The molecule has 37 heavy (non-hydrogen) atoms. The summed E-state index contributed by atoms with van der Waals surface area (Å²) in [6.07, 6.45) is 21.3. The van der Waals surface area contributed by atoms with Crippen LogP contribution in [-0.2, 0) is 23.9 Å². The fraction of sp³-hybridized carbons (Fsp3) is 0.903. The van der Waals surface area contributed by atoms with E-state index in [0.717, 1.165) is 38.5 Å². The molecule has 6 heteroatoms. The van der Waals surface area contributed by atoms with Crippen LogP contribution >= 0.6 is 0 Å². The molecule has 0 spiro atoms. The van der Waals surface area contributed by atoms with Gasteiger partial charge in [0.2, 0.25) is 6.41 Å². The van der Waals surface area contributed by atoms with E-state index < -0.39 is 6.04 Å². The molecule has 1 N–H and O–H groups in total. The summed E-state index contributed by atoms with van der Waals surface area (Å²) in [6.45, 7) is 8.47. The van der Waals surface area contributed by atoms with Crippen LogP contribution in [-0.4, -0.2) is 36.6 Å². The van der Waals surface area contributed by atoms with Crippen molar-refractivity contribution in [2.75, 3.05) is 0 Å². The Labute approximate surface area is 227 Å². The number of rotatable bonds is 25. The molecule has 0 radical (unpaired) electrons. The lowest BCUT2D eigenvalue weighted by Crippen LogP contribution is -2.48. The van der Waals surface area contributed by atoms with Gasteiger partial charge in [0.15, 0.2) is 0 Å². The molecule has 1 heterocycles. The van der Waals surface area contributed by atoms with Crippen LogP contribution < -0.4 is 5.32 Å². The minimum absolute atomic E-state index is 0.0741. The lowest BCUT2D eigenvalue weighted by atomic mass is 9.86. The first-order chi connectivity index (χ1) is 17.9. The van der Waals surface area contributed by atoms with E-state index in [-0.39, 0.29) is 36.0 Å². The van der Waals surface area contributed by atoms with Gasteiger partial charge in [0.1, 0.15) is 18.2 Å². The van der Waals surface area contributed by atoms with E-state index in [9.17, 15) is 14.4 Å². The van der Waals surface area contributed by atoms with Crippen LogP contribution in [0.3, 0.4) is 0 Å². The quantitative estimate of drug-likeness (QED) is 0.0754. The van der Waals surface area contributed by atoms with Gasteiger partial charge in [-0.15, -0.1) is 0 Å². The number of hydrogen-bond donors (Lipinski definition) is 1. The highest BCUT2D eigenvalue weighted by atomic mass is 16.6. The number of hydrogen-bond acceptors (Lipinski definition) is 5. The standard InChI is InChI=1S/C31H57NO5/c1-5-7-9-11-12-13-14-15-16-17-18-20-26(36-31(35)28(32-24-33)22-25(3)4)23-29-27(30(34)37-29)21-19-10-8-6-2/h24-29H,5-23H2,1-4H3,(H,32,33)/t26?,27-,28-,29?/m0/s1. The molecular formula is C31H57NO5. The maximum Gasteiger partial charge on any atom is 0.328 e. The molecule has 4 atom stereocenters. The van der Waals surface area contributed by atoms with Gasteiger partial charge in [-0.3, -0.25) is 9.59 Å². The number of amides is 1. The second-order valence-electron chi connectivity index (χ2n) is 11.5. The van der Waals surface area contributed by atoms with Gasteiger partial charge in [0.05, 0.1) is 5.92 Å². The summed E-state index contributed by atoms with van der Waals surface area (Å²) in [7, 11) is 0. The Morgan fingerprint density at radius 1 is 0.892 bits per heavy atom. The summed E-state index contributed by atoms with van der Waals surface area (Å²) in [5, 5.41) is 2.63. The Morgan fingerprint density at radius 2 is 1.43 bits per heavy atom. The molecule has 2 unspecified atom stereocenters. The largest absolute Gasteiger partial charge is 0.461 e. The maximum atomic E-state index is 12.9. The van der Waals surface area contributed by atoms with Crippen molar-refractivity contribution in [1.29, 1.82) is 0 Å². The molecular weight excluding hydrogens is 466 g/mol. The lowest BCUT2D eigenvalue weighted by Gasteiger charge is -2.37. The number of carbonyl (C=O) groups is 3. The zero-order chi connectivity index (χ0) is 27.3. The molecule has 0 aromatic carbocycles. The zero-order valence-electron chi connectivity index (χ0n) is 24.4. The Hall–Kier alpha value is -1.59. The van der Waals surface area contributed by atoms with Gasteiger partial charge in [-0.2, -0.15) is 0 Å². The van der Waals surface area contributed by atoms with Crippen LogP contribution in [0.4, 0.5) is 0 Å². The van der Waals surface area contributed by atoms with Crippen LogP contribution in [0.2, 0.25) is 0 Å². The number of carbonyl (C=O) groups excluding carboxylic acids is 3.